The topological polar surface area (TPSA) is 346 Å². The number of carbonyl (C=O) groups excluding carboxylic acids is 4. The number of carbonyl (C=O) groups is 4. The van der Waals surface area contributed by atoms with E-state index in [4.69, 9.17) is 28.4 Å². The van der Waals surface area contributed by atoms with Gasteiger partial charge in [-0.2, -0.15) is 0 Å². The van der Waals surface area contributed by atoms with E-state index in [0.717, 1.165) is 6.07 Å². The number of hydrogen-bond donors (Lipinski definition) is 11. The van der Waals surface area contributed by atoms with Gasteiger partial charge in [0, 0.05) is 23.3 Å². The highest BCUT2D eigenvalue weighted by Crippen LogP contribution is 2.53. The Morgan fingerprint density at radius 3 is 1.84 bits per heavy atom. The number of phenolic OH excluding ortho intramolecular Hbond substituents is 10. The van der Waals surface area contributed by atoms with Crippen LogP contribution in [0.15, 0.2) is 66.7 Å². The Morgan fingerprint density at radius 2 is 1.22 bits per heavy atom. The zero-order valence-electron chi connectivity index (χ0n) is 31.7. The van der Waals surface area contributed by atoms with Gasteiger partial charge in [0.05, 0.1) is 23.1 Å². The third kappa shape index (κ3) is 7.25. The Morgan fingerprint density at radius 1 is 0.635 bits per heavy atom. The predicted octanol–water partition coefficient (Wildman–Crippen LogP) is 3.20. The molecule has 3 heterocycles. The van der Waals surface area contributed by atoms with Crippen molar-refractivity contribution in [3.05, 3.63) is 94.5 Å². The van der Waals surface area contributed by atoms with Crippen molar-refractivity contribution in [2.45, 2.75) is 43.2 Å². The number of phenols is 10. The van der Waals surface area contributed by atoms with Gasteiger partial charge < -0.3 is 84.6 Å². The fourth-order valence-electron chi connectivity index (χ4n) is 7.33. The van der Waals surface area contributed by atoms with Crippen molar-refractivity contribution in [1.29, 1.82) is 0 Å². The van der Waals surface area contributed by atoms with Gasteiger partial charge in [0.1, 0.15) is 41.6 Å². The summed E-state index contributed by atoms with van der Waals surface area (Å²) in [6, 6.07) is 13.2. The van der Waals surface area contributed by atoms with Gasteiger partial charge in [-0.3, -0.25) is 4.79 Å². The second-order valence-electron chi connectivity index (χ2n) is 14.3. The Kier molecular flexibility index (Phi) is 10.3. The molecule has 0 saturated carbocycles. The fourth-order valence-corrected chi connectivity index (χ4v) is 7.33. The second-order valence-corrected chi connectivity index (χ2v) is 14.3. The first-order chi connectivity index (χ1) is 29.9. The molecule has 3 aliphatic rings. The van der Waals surface area contributed by atoms with Gasteiger partial charge in [0.25, 0.3) is 0 Å². The summed E-state index contributed by atoms with van der Waals surface area (Å²) >= 11 is 0. The number of esters is 3. The van der Waals surface area contributed by atoms with Gasteiger partial charge in [-0.15, -0.1) is 0 Å². The van der Waals surface area contributed by atoms with E-state index in [0.29, 0.717) is 29.8 Å². The minimum Gasteiger partial charge on any atom is -0.507 e. The monoisotopic (exact) mass is 872 g/mol. The summed E-state index contributed by atoms with van der Waals surface area (Å²) < 4.78 is 34.6. The summed E-state index contributed by atoms with van der Waals surface area (Å²) in [5.74, 6) is -16.5. The zero-order chi connectivity index (χ0) is 45.2. The van der Waals surface area contributed by atoms with E-state index in [2.05, 4.69) is 0 Å². The largest absolute Gasteiger partial charge is 0.507 e. The number of aromatic hydroxyl groups is 10. The average molecular weight is 873 g/mol. The van der Waals surface area contributed by atoms with E-state index in [1.54, 1.807) is 30.3 Å². The number of aliphatic hydroxyl groups excluding tert-OH is 1. The number of aliphatic hydroxyl groups is 1. The van der Waals surface area contributed by atoms with Crippen molar-refractivity contribution in [3.63, 3.8) is 0 Å². The summed E-state index contributed by atoms with van der Waals surface area (Å²) in [6.07, 6.45) is -11.3. The van der Waals surface area contributed by atoms with Crippen LogP contribution in [-0.4, -0.2) is 117 Å². The number of benzene rings is 5. The Balaban J connectivity index is 1.22. The van der Waals surface area contributed by atoms with Crippen molar-refractivity contribution in [1.82, 2.24) is 0 Å². The predicted molar refractivity (Wildman–Crippen MR) is 204 cm³/mol. The molecular formula is C42H32O21. The van der Waals surface area contributed by atoms with Crippen LogP contribution >= 0.6 is 0 Å². The van der Waals surface area contributed by atoms with E-state index in [1.807, 2.05) is 0 Å². The molecule has 1 fully saturated rings. The number of Topliss-reactive ketones (excluding diaryl/α,β-unsaturated/α-hetero) is 1. The number of fused-ring (bicyclic) bond motifs is 5. The van der Waals surface area contributed by atoms with Crippen LogP contribution in [0.2, 0.25) is 0 Å². The number of ether oxygens (including phenoxy) is 6. The van der Waals surface area contributed by atoms with Crippen LogP contribution in [0.25, 0.3) is 11.1 Å². The van der Waals surface area contributed by atoms with Gasteiger partial charge in [0.15, 0.2) is 64.3 Å². The number of cyclic esters (lactones) is 1. The maximum Gasteiger partial charge on any atom is 0.339 e. The molecule has 0 aliphatic carbocycles. The summed E-state index contributed by atoms with van der Waals surface area (Å²) in [7, 11) is 0. The first kappa shape index (κ1) is 41.4. The molecule has 0 bridgehead atoms. The van der Waals surface area contributed by atoms with Gasteiger partial charge in [0.2, 0.25) is 17.8 Å². The second kappa shape index (κ2) is 15.6. The lowest BCUT2D eigenvalue weighted by Gasteiger charge is -2.43. The van der Waals surface area contributed by atoms with Crippen LogP contribution in [0.1, 0.15) is 59.5 Å². The van der Waals surface area contributed by atoms with Crippen molar-refractivity contribution in [2.24, 2.45) is 0 Å². The van der Waals surface area contributed by atoms with Crippen LogP contribution < -0.4 is 9.47 Å². The summed E-state index contributed by atoms with van der Waals surface area (Å²) in [5, 5.41) is 117. The molecule has 63 heavy (non-hydrogen) atoms. The number of ketones is 1. The molecule has 21 heteroatoms. The lowest BCUT2D eigenvalue weighted by atomic mass is 9.92. The van der Waals surface area contributed by atoms with E-state index >= 15 is 0 Å². The highest BCUT2D eigenvalue weighted by molar-refractivity contribution is 6.08. The highest BCUT2D eigenvalue weighted by Gasteiger charge is 2.52. The van der Waals surface area contributed by atoms with Crippen LogP contribution in [0.5, 0.6) is 69.0 Å². The normalized spacial score (nSPS) is 21.8. The van der Waals surface area contributed by atoms with Gasteiger partial charge in [-0.25, -0.2) is 14.4 Å². The Hall–Kier alpha value is -8.30. The van der Waals surface area contributed by atoms with E-state index in [-0.39, 0.29) is 23.5 Å². The summed E-state index contributed by atoms with van der Waals surface area (Å²) in [4.78, 5) is 54.8. The molecule has 0 unspecified atom stereocenters. The smallest absolute Gasteiger partial charge is 0.339 e. The van der Waals surface area contributed by atoms with Crippen molar-refractivity contribution in [3.8, 4) is 80.1 Å². The lowest BCUT2D eigenvalue weighted by molar-refractivity contribution is -0.276. The molecule has 0 aromatic heterocycles. The Bertz CT molecular complexity index is 2710. The molecule has 0 amide bonds. The van der Waals surface area contributed by atoms with Gasteiger partial charge >= 0.3 is 17.9 Å². The zero-order valence-corrected chi connectivity index (χ0v) is 31.7. The van der Waals surface area contributed by atoms with Crippen LogP contribution in [0.3, 0.4) is 0 Å². The van der Waals surface area contributed by atoms with Crippen molar-refractivity contribution >= 4 is 23.7 Å². The molecule has 326 valence electrons. The van der Waals surface area contributed by atoms with Crippen LogP contribution in [-0.2, 0) is 18.9 Å². The molecule has 11 N–H and O–H groups in total. The summed E-state index contributed by atoms with van der Waals surface area (Å²) in [6.45, 7) is -1.02. The van der Waals surface area contributed by atoms with Crippen LogP contribution in [0.4, 0.5) is 0 Å². The molecule has 1 saturated heterocycles. The Labute approximate surface area is 351 Å². The molecule has 3 aliphatic heterocycles. The summed E-state index contributed by atoms with van der Waals surface area (Å²) in [5.41, 5.74) is -3.87. The minimum atomic E-state index is -2.25. The molecule has 5 aromatic rings. The quantitative estimate of drug-likeness (QED) is 0.0686. The third-order valence-corrected chi connectivity index (χ3v) is 10.4. The highest BCUT2D eigenvalue weighted by atomic mass is 16.7. The van der Waals surface area contributed by atoms with Gasteiger partial charge in [-0.05, 0) is 29.8 Å². The molecule has 0 spiro atoms. The molecular weight excluding hydrogens is 840 g/mol. The van der Waals surface area contributed by atoms with E-state index in [9.17, 15) is 75.3 Å². The SMILES string of the molecule is O=C(O[C@@H]1[C@@H](O)[C@H](Oc2cc(O)c3c(c2)O[C@H](c2ccccc2)CC3=O)O[C@@H]2COC(=O)c3cc(O)c(O)c(O)c3-c3c(cc(O)c(O)c3O)C(=O)O[C@@H]12)c1cc(O)c(O)c(O)c1. The first-order valence-corrected chi connectivity index (χ1v) is 18.5. The van der Waals surface area contributed by atoms with Crippen LogP contribution in [0, 0.1) is 0 Å². The standard InChI is InChI=1S/C42H32O21/c43-19-8-16(9-26-30(19)20(44)12-25(60-26)14-4-2-1-3-5-14)59-42-36(54)38(63-39(55)15-6-21(45)31(49)22(46)7-15)37-27(61-42)13-58-40(56)17-10-23(47)32(50)34(52)28(17)29-18(41(57)62-37)11-24(48)33(51)35(29)53/h1-11,25,27,36-38,42-43,45-54H,12-13H2/t25-,27+,36+,37+,38+,42+/m0/s1. The lowest BCUT2D eigenvalue weighted by Crippen LogP contribution is -2.62. The van der Waals surface area contributed by atoms with Gasteiger partial charge in [-0.1, -0.05) is 30.3 Å². The van der Waals surface area contributed by atoms with Crippen molar-refractivity contribution < 1.29 is 104 Å². The molecule has 21 nitrogen and oxygen atoms in total. The minimum absolute atomic E-state index is 0.130. The number of rotatable bonds is 5. The van der Waals surface area contributed by atoms with Crippen molar-refractivity contribution in [2.75, 3.05) is 6.61 Å². The van der Waals surface area contributed by atoms with E-state index in [1.165, 1.54) is 6.07 Å². The maximum absolute atomic E-state index is 14.2. The third-order valence-electron chi connectivity index (χ3n) is 10.4. The molecule has 6 atom stereocenters. The maximum atomic E-state index is 14.2. The van der Waals surface area contributed by atoms with E-state index < -0.39 is 152 Å². The molecule has 5 aromatic carbocycles. The molecule has 0 radical (unpaired) electrons. The molecule has 8 rings (SSSR count). The fraction of sp³-hybridized carbons (Fsp3) is 0.190. The number of hydrogen-bond acceptors (Lipinski definition) is 21. The first-order valence-electron chi connectivity index (χ1n) is 18.5. The average Bonchev–Trinajstić information content (AvgIpc) is 3.26.